The zero-order valence-electron chi connectivity index (χ0n) is 10.3. The van der Waals surface area contributed by atoms with Crippen molar-refractivity contribution in [3.8, 4) is 0 Å². The van der Waals surface area contributed by atoms with E-state index in [4.69, 9.17) is 9.31 Å². The van der Waals surface area contributed by atoms with Crippen molar-refractivity contribution < 1.29 is 9.31 Å². The Labute approximate surface area is 119 Å². The van der Waals surface area contributed by atoms with Crippen molar-refractivity contribution in [1.82, 2.24) is 4.98 Å². The minimum Gasteiger partial charge on any atom is -0.399 e. The van der Waals surface area contributed by atoms with Gasteiger partial charge in [0.2, 0.25) is 0 Å². The lowest BCUT2D eigenvalue weighted by Gasteiger charge is -2.32. The molecule has 0 amide bonds. The van der Waals surface area contributed by atoms with Gasteiger partial charge in [0.05, 0.1) is 11.2 Å². The first-order valence-corrected chi connectivity index (χ1v) is 6.98. The number of aromatic nitrogens is 1. The third-order valence-electron chi connectivity index (χ3n) is 3.34. The molecular weight excluding hydrogens is 349 g/mol. The average molecular weight is 363 g/mol. The monoisotopic (exact) mass is 361 g/mol. The van der Waals surface area contributed by atoms with E-state index in [0.29, 0.717) is 0 Å². The zero-order valence-corrected chi connectivity index (χ0v) is 13.4. The van der Waals surface area contributed by atoms with Gasteiger partial charge in [-0.3, -0.25) is 0 Å². The van der Waals surface area contributed by atoms with Gasteiger partial charge < -0.3 is 9.31 Å². The van der Waals surface area contributed by atoms with Crippen molar-refractivity contribution in [1.29, 1.82) is 0 Å². The Kier molecular flexibility index (Phi) is 3.45. The van der Waals surface area contributed by atoms with E-state index in [0.717, 1.165) is 14.5 Å². The molecule has 0 atom stereocenters. The van der Waals surface area contributed by atoms with Gasteiger partial charge in [-0.2, -0.15) is 0 Å². The Morgan fingerprint density at radius 2 is 1.65 bits per heavy atom. The zero-order chi connectivity index (χ0) is 12.8. The van der Waals surface area contributed by atoms with Gasteiger partial charge in [0, 0.05) is 16.1 Å². The minimum atomic E-state index is -0.389. The second kappa shape index (κ2) is 4.33. The van der Waals surface area contributed by atoms with Crippen molar-refractivity contribution in [3.63, 3.8) is 0 Å². The highest BCUT2D eigenvalue weighted by molar-refractivity contribution is 9.11. The molecule has 6 heteroatoms. The van der Waals surface area contributed by atoms with Crippen LogP contribution in [0.1, 0.15) is 27.7 Å². The third kappa shape index (κ3) is 2.45. The van der Waals surface area contributed by atoms with Crippen molar-refractivity contribution in [3.05, 3.63) is 21.3 Å². The van der Waals surface area contributed by atoms with Crippen molar-refractivity contribution in [2.75, 3.05) is 0 Å². The fourth-order valence-corrected chi connectivity index (χ4v) is 2.33. The fourth-order valence-electron chi connectivity index (χ4n) is 1.57. The van der Waals surface area contributed by atoms with Gasteiger partial charge in [0.25, 0.3) is 0 Å². The molecule has 0 aliphatic carbocycles. The Bertz CT molecular complexity index is 435. The van der Waals surface area contributed by atoms with Gasteiger partial charge in [-0.25, -0.2) is 4.98 Å². The molecule has 3 nitrogen and oxygen atoms in total. The van der Waals surface area contributed by atoms with E-state index in [1.165, 1.54) is 0 Å². The van der Waals surface area contributed by atoms with Crippen molar-refractivity contribution in [2.24, 2.45) is 0 Å². The maximum Gasteiger partial charge on any atom is 0.497 e. The summed E-state index contributed by atoms with van der Waals surface area (Å²) in [5.74, 6) is 0. The van der Waals surface area contributed by atoms with E-state index in [-0.39, 0.29) is 18.3 Å². The van der Waals surface area contributed by atoms with Crippen LogP contribution in [0, 0.1) is 0 Å². The normalized spacial score (nSPS) is 21.9. The van der Waals surface area contributed by atoms with Crippen LogP contribution >= 0.6 is 31.9 Å². The number of hydrogen-bond donors (Lipinski definition) is 0. The largest absolute Gasteiger partial charge is 0.497 e. The van der Waals surface area contributed by atoms with Gasteiger partial charge >= 0.3 is 7.12 Å². The highest BCUT2D eigenvalue weighted by Crippen LogP contribution is 2.37. The van der Waals surface area contributed by atoms with Crippen molar-refractivity contribution >= 4 is 44.4 Å². The Morgan fingerprint density at radius 3 is 2.18 bits per heavy atom. The molecule has 0 spiro atoms. The minimum absolute atomic E-state index is 0.334. The predicted molar refractivity (Wildman–Crippen MR) is 75.4 cm³/mol. The van der Waals surface area contributed by atoms with Crippen LogP contribution < -0.4 is 5.46 Å². The molecule has 1 fully saturated rings. The van der Waals surface area contributed by atoms with Crippen LogP contribution in [0.5, 0.6) is 0 Å². The van der Waals surface area contributed by atoms with Gasteiger partial charge in [0.15, 0.2) is 0 Å². The van der Waals surface area contributed by atoms with Crippen LogP contribution in [-0.2, 0) is 9.31 Å². The summed E-state index contributed by atoms with van der Waals surface area (Å²) in [6, 6.07) is 1.96. The summed E-state index contributed by atoms with van der Waals surface area (Å²) in [6.45, 7) is 8.14. The predicted octanol–water partition coefficient (Wildman–Crippen LogP) is 2.91. The van der Waals surface area contributed by atoms with E-state index >= 15 is 0 Å². The van der Waals surface area contributed by atoms with Crippen LogP contribution in [-0.4, -0.2) is 23.3 Å². The second-order valence-electron chi connectivity index (χ2n) is 5.12. The topological polar surface area (TPSA) is 31.4 Å². The molecule has 1 saturated heterocycles. The van der Waals surface area contributed by atoms with Crippen molar-refractivity contribution in [2.45, 2.75) is 38.9 Å². The first-order chi connectivity index (χ1) is 7.73. The van der Waals surface area contributed by atoms with Crippen LogP contribution in [0.4, 0.5) is 0 Å². The molecule has 0 aromatic carbocycles. The molecule has 1 aliphatic heterocycles. The lowest BCUT2D eigenvalue weighted by Crippen LogP contribution is -2.41. The standard InChI is InChI=1S/C11H14BBr2NO2/c1-10(2)11(3,4)17-12(16-10)8-5-7(13)6-15-9(8)14/h5-6H,1-4H3. The summed E-state index contributed by atoms with van der Waals surface area (Å²) < 4.78 is 13.6. The highest BCUT2D eigenvalue weighted by atomic mass is 79.9. The van der Waals surface area contributed by atoms with E-state index in [1.54, 1.807) is 6.20 Å². The summed E-state index contributed by atoms with van der Waals surface area (Å²) in [4.78, 5) is 4.23. The first kappa shape index (κ1) is 13.5. The first-order valence-electron chi connectivity index (χ1n) is 5.39. The molecule has 0 unspecified atom stereocenters. The molecule has 1 aromatic rings. The van der Waals surface area contributed by atoms with Crippen LogP contribution in [0.3, 0.4) is 0 Å². The molecule has 0 saturated carbocycles. The molecule has 0 bridgehead atoms. The summed E-state index contributed by atoms with van der Waals surface area (Å²) in [5.41, 5.74) is 0.233. The fraction of sp³-hybridized carbons (Fsp3) is 0.545. The number of rotatable bonds is 1. The van der Waals surface area contributed by atoms with Crippen LogP contribution in [0.2, 0.25) is 0 Å². The van der Waals surface area contributed by atoms with Gasteiger partial charge in [-0.15, -0.1) is 0 Å². The molecule has 0 N–H and O–H groups in total. The Hall–Kier alpha value is 0.0949. The summed E-state index contributed by atoms with van der Waals surface area (Å²) >= 11 is 6.83. The molecule has 92 valence electrons. The smallest absolute Gasteiger partial charge is 0.399 e. The van der Waals surface area contributed by atoms with Gasteiger partial charge in [0.1, 0.15) is 4.60 Å². The lowest BCUT2D eigenvalue weighted by atomic mass is 9.80. The summed E-state index contributed by atoms with van der Waals surface area (Å²) in [7, 11) is -0.389. The van der Waals surface area contributed by atoms with Gasteiger partial charge in [-0.1, -0.05) is 0 Å². The molecule has 1 aliphatic rings. The maximum atomic E-state index is 5.97. The summed E-state index contributed by atoms with van der Waals surface area (Å²) in [6.07, 6.45) is 1.73. The number of halogens is 2. The lowest BCUT2D eigenvalue weighted by molar-refractivity contribution is 0.00578. The van der Waals surface area contributed by atoms with Crippen LogP contribution in [0.25, 0.3) is 0 Å². The molecule has 0 radical (unpaired) electrons. The average Bonchev–Trinajstić information content (AvgIpc) is 2.40. The summed E-state index contributed by atoms with van der Waals surface area (Å²) in [5, 5.41) is 0. The number of hydrogen-bond acceptors (Lipinski definition) is 3. The van der Waals surface area contributed by atoms with E-state index < -0.39 is 0 Å². The Morgan fingerprint density at radius 1 is 1.12 bits per heavy atom. The molecular formula is C11H14BBr2NO2. The van der Waals surface area contributed by atoms with E-state index in [1.807, 2.05) is 33.8 Å². The number of nitrogens with zero attached hydrogens (tertiary/aromatic N) is 1. The molecule has 1 aromatic heterocycles. The van der Waals surface area contributed by atoms with Gasteiger partial charge in [-0.05, 0) is 65.6 Å². The molecule has 17 heavy (non-hydrogen) atoms. The molecule has 2 heterocycles. The third-order valence-corrected chi connectivity index (χ3v) is 4.44. The molecule has 2 rings (SSSR count). The SMILES string of the molecule is CC1(C)OB(c2cc(Br)cnc2Br)OC1(C)C. The quantitative estimate of drug-likeness (QED) is 0.568. The second-order valence-corrected chi connectivity index (χ2v) is 6.79. The highest BCUT2D eigenvalue weighted by Gasteiger charge is 2.52. The maximum absolute atomic E-state index is 5.97. The van der Waals surface area contributed by atoms with Crippen LogP contribution in [0.15, 0.2) is 21.3 Å². The van der Waals surface area contributed by atoms with E-state index in [9.17, 15) is 0 Å². The Balaban J connectivity index is 2.35. The number of pyridine rings is 1. The van der Waals surface area contributed by atoms with E-state index in [2.05, 4.69) is 36.8 Å².